The van der Waals surface area contributed by atoms with Crippen LogP contribution >= 0.6 is 0 Å². The summed E-state index contributed by atoms with van der Waals surface area (Å²) in [5.74, 6) is 0. The largest absolute Gasteiger partial charge is 0.311 e. The molecule has 1 saturated heterocycles. The van der Waals surface area contributed by atoms with Crippen molar-refractivity contribution in [3.8, 4) is 0 Å². The van der Waals surface area contributed by atoms with Gasteiger partial charge >= 0.3 is 0 Å². The van der Waals surface area contributed by atoms with Gasteiger partial charge in [0, 0.05) is 25.7 Å². The molecule has 1 aromatic carbocycles. The van der Waals surface area contributed by atoms with Crippen molar-refractivity contribution in [2.24, 2.45) is 0 Å². The molecule has 0 saturated carbocycles. The van der Waals surface area contributed by atoms with Crippen LogP contribution in [-0.2, 0) is 5.54 Å². The lowest BCUT2D eigenvalue weighted by Gasteiger charge is -2.48. The second-order valence-corrected chi connectivity index (χ2v) is 5.26. The first kappa shape index (κ1) is 13.5. The molecule has 1 heterocycles. The van der Waals surface area contributed by atoms with E-state index in [4.69, 9.17) is 0 Å². The number of hydrogen-bond donors (Lipinski definition) is 1. The van der Waals surface area contributed by atoms with E-state index in [9.17, 15) is 4.39 Å². The minimum absolute atomic E-state index is 0.0982. The standard InChI is InChI=1S/C15H23FN2/c1-3-14-11-18(10-9-16)15(2,12-17-14)13-7-5-4-6-8-13/h4-8,14,17H,3,9-12H2,1-2H3. The Labute approximate surface area is 109 Å². The molecule has 2 nitrogen and oxygen atoms in total. The summed E-state index contributed by atoms with van der Waals surface area (Å²) in [4.78, 5) is 2.28. The van der Waals surface area contributed by atoms with Crippen LogP contribution in [0.15, 0.2) is 30.3 Å². The topological polar surface area (TPSA) is 15.3 Å². The van der Waals surface area contributed by atoms with E-state index in [1.807, 2.05) is 6.07 Å². The van der Waals surface area contributed by atoms with E-state index in [1.165, 1.54) is 5.56 Å². The van der Waals surface area contributed by atoms with Gasteiger partial charge in [-0.15, -0.1) is 0 Å². The number of rotatable bonds is 4. The highest BCUT2D eigenvalue weighted by Crippen LogP contribution is 2.30. The second kappa shape index (κ2) is 5.81. The number of hydrogen-bond acceptors (Lipinski definition) is 2. The van der Waals surface area contributed by atoms with Crippen LogP contribution in [0.2, 0.25) is 0 Å². The zero-order valence-corrected chi connectivity index (χ0v) is 11.3. The van der Waals surface area contributed by atoms with Crippen LogP contribution in [-0.4, -0.2) is 37.3 Å². The molecule has 18 heavy (non-hydrogen) atoms. The summed E-state index contributed by atoms with van der Waals surface area (Å²) in [6.07, 6.45) is 1.09. The van der Waals surface area contributed by atoms with E-state index >= 15 is 0 Å². The molecule has 1 N–H and O–H groups in total. The first-order chi connectivity index (χ1) is 8.70. The van der Waals surface area contributed by atoms with Crippen LogP contribution in [0.1, 0.15) is 25.8 Å². The molecule has 0 amide bonds. The first-order valence-electron chi connectivity index (χ1n) is 6.80. The van der Waals surface area contributed by atoms with Crippen LogP contribution in [0.4, 0.5) is 4.39 Å². The maximum atomic E-state index is 12.8. The van der Waals surface area contributed by atoms with Gasteiger partial charge < -0.3 is 5.32 Å². The lowest BCUT2D eigenvalue weighted by Crippen LogP contribution is -2.61. The van der Waals surface area contributed by atoms with Gasteiger partial charge in [0.1, 0.15) is 6.67 Å². The number of piperazine rings is 1. The van der Waals surface area contributed by atoms with Gasteiger partial charge in [-0.3, -0.25) is 4.90 Å². The summed E-state index contributed by atoms with van der Waals surface area (Å²) < 4.78 is 12.8. The minimum Gasteiger partial charge on any atom is -0.311 e. The van der Waals surface area contributed by atoms with Gasteiger partial charge in [0.15, 0.2) is 0 Å². The summed E-state index contributed by atoms with van der Waals surface area (Å²) >= 11 is 0. The highest BCUT2D eigenvalue weighted by Gasteiger charge is 2.38. The zero-order chi connectivity index (χ0) is 13.0. The van der Waals surface area contributed by atoms with Gasteiger partial charge in [-0.1, -0.05) is 37.3 Å². The fourth-order valence-electron chi connectivity index (χ4n) is 2.78. The van der Waals surface area contributed by atoms with Gasteiger partial charge in [0.25, 0.3) is 0 Å². The zero-order valence-electron chi connectivity index (χ0n) is 11.3. The predicted octanol–water partition coefficient (Wildman–Crippen LogP) is 2.56. The molecule has 3 heteroatoms. The molecule has 1 aromatic rings. The summed E-state index contributed by atoms with van der Waals surface area (Å²) in [6, 6.07) is 10.9. The molecule has 1 aliphatic heterocycles. The van der Waals surface area contributed by atoms with Crippen molar-refractivity contribution in [1.29, 1.82) is 0 Å². The van der Waals surface area contributed by atoms with E-state index in [2.05, 4.69) is 48.3 Å². The molecule has 2 rings (SSSR count). The Kier molecular flexibility index (Phi) is 4.36. The average molecular weight is 250 g/mol. The lowest BCUT2D eigenvalue weighted by atomic mass is 9.86. The van der Waals surface area contributed by atoms with Crippen LogP contribution < -0.4 is 5.32 Å². The Bertz CT molecular complexity index is 368. The third-order valence-electron chi connectivity index (χ3n) is 4.12. The van der Waals surface area contributed by atoms with E-state index < -0.39 is 0 Å². The van der Waals surface area contributed by atoms with Crippen molar-refractivity contribution in [2.75, 3.05) is 26.3 Å². The normalized spacial score (nSPS) is 29.4. The molecule has 1 fully saturated rings. The molecule has 100 valence electrons. The van der Waals surface area contributed by atoms with Crippen molar-refractivity contribution < 1.29 is 4.39 Å². The van der Waals surface area contributed by atoms with Crippen LogP contribution in [0.5, 0.6) is 0 Å². The number of alkyl halides is 1. The molecule has 0 radical (unpaired) electrons. The Morgan fingerprint density at radius 1 is 1.39 bits per heavy atom. The molecule has 0 spiro atoms. The lowest BCUT2D eigenvalue weighted by molar-refractivity contribution is 0.0434. The van der Waals surface area contributed by atoms with Crippen molar-refractivity contribution in [1.82, 2.24) is 10.2 Å². The number of halogens is 1. The molecule has 2 atom stereocenters. The predicted molar refractivity (Wildman–Crippen MR) is 73.4 cm³/mol. The number of benzene rings is 1. The third kappa shape index (κ3) is 2.57. The van der Waals surface area contributed by atoms with E-state index in [1.54, 1.807) is 0 Å². The second-order valence-electron chi connectivity index (χ2n) is 5.26. The SMILES string of the molecule is CCC1CN(CCF)C(C)(c2ccccc2)CN1. The fraction of sp³-hybridized carbons (Fsp3) is 0.600. The maximum absolute atomic E-state index is 12.8. The average Bonchev–Trinajstić information content (AvgIpc) is 2.42. The fourth-order valence-corrected chi connectivity index (χ4v) is 2.78. The van der Waals surface area contributed by atoms with Gasteiger partial charge in [0.05, 0.1) is 5.54 Å². The van der Waals surface area contributed by atoms with Crippen LogP contribution in [0.3, 0.4) is 0 Å². The van der Waals surface area contributed by atoms with Crippen molar-refractivity contribution in [2.45, 2.75) is 31.8 Å². The highest BCUT2D eigenvalue weighted by molar-refractivity contribution is 5.25. The van der Waals surface area contributed by atoms with Crippen molar-refractivity contribution in [3.63, 3.8) is 0 Å². The third-order valence-corrected chi connectivity index (χ3v) is 4.12. The summed E-state index contributed by atoms with van der Waals surface area (Å²) in [5, 5.41) is 3.58. The monoisotopic (exact) mass is 250 g/mol. The van der Waals surface area contributed by atoms with E-state index in [0.717, 1.165) is 19.5 Å². The van der Waals surface area contributed by atoms with Crippen molar-refractivity contribution in [3.05, 3.63) is 35.9 Å². The molecule has 1 aliphatic rings. The Morgan fingerprint density at radius 3 is 2.72 bits per heavy atom. The maximum Gasteiger partial charge on any atom is 0.102 e. The first-order valence-corrected chi connectivity index (χ1v) is 6.80. The molecule has 0 aromatic heterocycles. The number of nitrogens with one attached hydrogen (secondary N) is 1. The van der Waals surface area contributed by atoms with Gasteiger partial charge in [0.2, 0.25) is 0 Å². The Morgan fingerprint density at radius 2 is 2.11 bits per heavy atom. The molecular weight excluding hydrogens is 227 g/mol. The molecule has 2 unspecified atom stereocenters. The van der Waals surface area contributed by atoms with Crippen molar-refractivity contribution >= 4 is 0 Å². The quantitative estimate of drug-likeness (QED) is 0.883. The van der Waals surface area contributed by atoms with Gasteiger partial charge in [-0.05, 0) is 18.9 Å². The van der Waals surface area contributed by atoms with Crippen LogP contribution in [0, 0.1) is 0 Å². The smallest absolute Gasteiger partial charge is 0.102 e. The van der Waals surface area contributed by atoms with Crippen LogP contribution in [0.25, 0.3) is 0 Å². The Hall–Kier alpha value is -0.930. The number of nitrogens with zero attached hydrogens (tertiary/aromatic N) is 1. The van der Waals surface area contributed by atoms with Gasteiger partial charge in [-0.25, -0.2) is 4.39 Å². The van der Waals surface area contributed by atoms with E-state index in [-0.39, 0.29) is 12.2 Å². The molecule has 0 aliphatic carbocycles. The van der Waals surface area contributed by atoms with Gasteiger partial charge in [-0.2, -0.15) is 0 Å². The summed E-state index contributed by atoms with van der Waals surface area (Å²) in [6.45, 7) is 6.43. The summed E-state index contributed by atoms with van der Waals surface area (Å²) in [7, 11) is 0. The highest BCUT2D eigenvalue weighted by atomic mass is 19.1. The molecular formula is C15H23FN2. The summed E-state index contributed by atoms with van der Waals surface area (Å²) in [5.41, 5.74) is 1.17. The molecule has 0 bridgehead atoms. The Balaban J connectivity index is 2.23. The minimum atomic E-state index is -0.279. The van der Waals surface area contributed by atoms with E-state index in [0.29, 0.717) is 12.6 Å².